The van der Waals surface area contributed by atoms with Gasteiger partial charge in [-0.1, -0.05) is 0 Å². The summed E-state index contributed by atoms with van der Waals surface area (Å²) in [6, 6.07) is 0. The van der Waals surface area contributed by atoms with E-state index < -0.39 is 6.51 Å². The maximum absolute atomic E-state index is 2.28. The van der Waals surface area contributed by atoms with E-state index in [1.54, 1.807) is 48.2 Å². The molecule has 1 spiro atoms. The van der Waals surface area contributed by atoms with E-state index in [0.29, 0.717) is 0 Å². The minimum Gasteiger partial charge on any atom is -1.00 e. The number of rotatable bonds is 0. The minimum absolute atomic E-state index is 0. The van der Waals surface area contributed by atoms with Crippen LogP contribution in [0.1, 0.15) is 0 Å². The third-order valence-corrected chi connectivity index (χ3v) is 56.5. The second-order valence-electron chi connectivity index (χ2n) is 11.1. The van der Waals surface area contributed by atoms with Crippen molar-refractivity contribution >= 4 is 0 Å². The van der Waals surface area contributed by atoms with E-state index in [2.05, 4.69) is 21.1 Å². The van der Waals surface area contributed by atoms with Crippen LogP contribution in [0.4, 0.5) is 0 Å². The number of quaternary nitrogens is 1. The summed E-state index contributed by atoms with van der Waals surface area (Å²) in [5, 5.41) is 0. The van der Waals surface area contributed by atoms with Gasteiger partial charge < -0.3 is 28.9 Å². The quantitative estimate of drug-likeness (QED) is 0.417. The fourth-order valence-electron chi connectivity index (χ4n) is 15.8. The van der Waals surface area contributed by atoms with Crippen molar-refractivity contribution in [2.75, 3.05) is 21.1 Å². The van der Waals surface area contributed by atoms with E-state index in [1.807, 2.05) is 0 Å². The number of halogens is 1. The molecule has 0 aromatic heterocycles. The Morgan fingerprint density at radius 1 is 0.562 bits per heavy atom. The molecule has 10 saturated heterocycles. The summed E-state index contributed by atoms with van der Waals surface area (Å²) in [7, 11) is 6.25. The van der Waals surface area contributed by atoms with Gasteiger partial charge in [0.25, 0.3) is 0 Å². The molecule has 0 saturated carbocycles. The summed E-state index contributed by atoms with van der Waals surface area (Å²) < 4.78 is 0. The van der Waals surface area contributed by atoms with Gasteiger partial charge in [-0.15, -0.1) is 0 Å². The van der Waals surface area contributed by atoms with E-state index in [4.69, 9.17) is 0 Å². The second-order valence-corrected chi connectivity index (χ2v) is 35.0. The monoisotopic (exact) mass is 373 g/mol. The summed E-state index contributed by atoms with van der Waals surface area (Å²) in [5.41, 5.74) is 0. The van der Waals surface area contributed by atoms with Gasteiger partial charge in [0.15, 0.2) is 0 Å². The predicted molar refractivity (Wildman–Crippen MR) is 56.2 cm³/mol. The van der Waals surface area contributed by atoms with E-state index in [0.717, 1.165) is 0 Å². The van der Waals surface area contributed by atoms with E-state index >= 15 is 0 Å². The van der Waals surface area contributed by atoms with Crippen molar-refractivity contribution in [1.29, 1.82) is 0 Å². The summed E-state index contributed by atoms with van der Waals surface area (Å²) in [6.45, 7) is -2.28. The van der Waals surface area contributed by atoms with Crippen molar-refractivity contribution in [3.8, 4) is 0 Å². The van der Waals surface area contributed by atoms with Gasteiger partial charge in [0, 0.05) is 0 Å². The largest absolute Gasteiger partial charge is 1.00 e. The zero-order valence-corrected chi connectivity index (χ0v) is 13.3. The molecule has 0 aliphatic carbocycles. The van der Waals surface area contributed by atoms with Gasteiger partial charge in [-0.3, -0.25) is 0 Å². The summed E-state index contributed by atoms with van der Waals surface area (Å²) in [5.74, 6) is 0. The first kappa shape index (κ1) is 7.71. The molecule has 10 rings (SSSR count). The molecule has 10 aliphatic rings. The van der Waals surface area contributed by atoms with Crippen LogP contribution in [0, 0.1) is 0 Å². The molecule has 0 aromatic rings. The van der Waals surface area contributed by atoms with Crippen LogP contribution >= 0.6 is 0 Å². The fraction of sp³-hybridized carbons (Fsp3) is 1.00. The zero-order chi connectivity index (χ0) is 9.67. The molecule has 0 aromatic carbocycles. The normalized spacial score (nSPS) is 120. The average molecular weight is 373 g/mol. The molecule has 92 valence electrons. The SMILES string of the molecule is C[NH+](C)C.[CH]12[CH]3[CH]4[CH]5[CH]1[Fe]23451678[CH]2[CH]1[CH]6[CH]7[CH]28.[I-]. The van der Waals surface area contributed by atoms with Crippen molar-refractivity contribution < 1.29 is 35.4 Å². The van der Waals surface area contributed by atoms with Crippen molar-refractivity contribution in [1.82, 2.24) is 0 Å². The molecule has 16 heavy (non-hydrogen) atoms. The Morgan fingerprint density at radius 2 is 0.688 bits per heavy atom. The fourth-order valence-corrected chi connectivity index (χ4v) is 88.0. The number of nitrogens with one attached hydrogen (secondary N) is 1. The Bertz CT molecular complexity index is 625. The molecule has 0 atom stereocenters. The second kappa shape index (κ2) is 0.598. The Balaban J connectivity index is 0.000000109. The van der Waals surface area contributed by atoms with Crippen LogP contribution in [0.25, 0.3) is 0 Å². The predicted octanol–water partition coefficient (Wildman–Crippen LogP) is -0.860. The van der Waals surface area contributed by atoms with Gasteiger partial charge >= 0.3 is 54.7 Å². The molecule has 10 heterocycles. The maximum Gasteiger partial charge on any atom is -1.00 e. The van der Waals surface area contributed by atoms with Gasteiger partial charge in [-0.2, -0.15) is 0 Å². The molecule has 1 nitrogen and oxygen atoms in total. The first-order valence-corrected chi connectivity index (χ1v) is 13.2. The summed E-state index contributed by atoms with van der Waals surface area (Å²) in [6.07, 6.45) is 0. The van der Waals surface area contributed by atoms with E-state index in [-0.39, 0.29) is 24.0 Å². The van der Waals surface area contributed by atoms with Gasteiger partial charge in [-0.05, 0) is 0 Å². The number of hydrogen-bond acceptors (Lipinski definition) is 0. The van der Waals surface area contributed by atoms with Gasteiger partial charge in [0.1, 0.15) is 0 Å². The Kier molecular flexibility index (Phi) is 0.288. The first-order valence-electron chi connectivity index (χ1n) is 6.87. The third kappa shape index (κ3) is 0.0759. The Hall–Kier alpha value is 1.21. The standard InChI is InChI=1S/2C5H5.C3H9N.Fe.HI/c2*1-2-4-5-3-1;1-4(2)3;;/h2*1-5H;1-3H3;;1H. The van der Waals surface area contributed by atoms with Crippen LogP contribution in [0.2, 0.25) is 48.2 Å². The zero-order valence-electron chi connectivity index (χ0n) is 10.0. The molecule has 0 unspecified atom stereocenters. The van der Waals surface area contributed by atoms with Crippen molar-refractivity contribution in [3.05, 3.63) is 0 Å². The molecule has 0 amide bonds. The molecule has 10 fully saturated rings. The molecule has 3 heteroatoms. The molecular formula is C13H20FeIN. The minimum atomic E-state index is -2.28. The maximum atomic E-state index is 2.08. The summed E-state index contributed by atoms with van der Waals surface area (Å²) in [4.78, 5) is 17.3. The van der Waals surface area contributed by atoms with Crippen molar-refractivity contribution in [3.63, 3.8) is 0 Å². The number of fused-ring (bicyclic) bond motifs is 10. The topological polar surface area (TPSA) is 4.44 Å². The van der Waals surface area contributed by atoms with Gasteiger partial charge in [0.05, 0.1) is 21.1 Å². The van der Waals surface area contributed by atoms with Crippen LogP contribution in [0.15, 0.2) is 0 Å². The summed E-state index contributed by atoms with van der Waals surface area (Å²) >= 11 is 0. The van der Waals surface area contributed by atoms with Crippen molar-refractivity contribution in [2.24, 2.45) is 0 Å². The smallest absolute Gasteiger partial charge is 1.00 e. The molecular weight excluding hydrogens is 353 g/mol. The van der Waals surface area contributed by atoms with Crippen LogP contribution in [0.3, 0.4) is 0 Å². The number of hydrogen-bond donors (Lipinski definition) is 1. The van der Waals surface area contributed by atoms with Crippen LogP contribution in [-0.4, -0.2) is 21.1 Å². The van der Waals surface area contributed by atoms with Crippen LogP contribution < -0.4 is 28.9 Å². The van der Waals surface area contributed by atoms with Gasteiger partial charge in [0.2, 0.25) is 0 Å². The molecule has 0 radical (unpaired) electrons. The van der Waals surface area contributed by atoms with Gasteiger partial charge in [-0.25, -0.2) is 0 Å². The Labute approximate surface area is 104 Å². The molecule has 0 bridgehead atoms. The first-order chi connectivity index (χ1) is 6.89. The Morgan fingerprint density at radius 3 is 0.688 bits per heavy atom. The molecule has 1 N–H and O–H groups in total. The van der Waals surface area contributed by atoms with Crippen LogP contribution in [0.5, 0.6) is 0 Å². The van der Waals surface area contributed by atoms with Crippen molar-refractivity contribution in [2.45, 2.75) is 48.2 Å². The third-order valence-electron chi connectivity index (χ3n) is 14.5. The average Bonchev–Trinajstić information content (AvgIpc) is 3.13. The van der Waals surface area contributed by atoms with E-state index in [1.165, 1.54) is 4.90 Å². The van der Waals surface area contributed by atoms with E-state index in [9.17, 15) is 0 Å². The van der Waals surface area contributed by atoms with Crippen LogP contribution in [-0.2, 0) is 6.51 Å². The molecule has 10 aliphatic heterocycles.